The molecule has 0 aromatic heterocycles. The van der Waals surface area contributed by atoms with Crippen molar-refractivity contribution >= 4 is 24.1 Å². The average molecular weight is 349 g/mol. The maximum Gasteiger partial charge on any atom is 0.330 e. The number of rotatable bonds is 6. The van der Waals surface area contributed by atoms with E-state index in [0.29, 0.717) is 11.6 Å². The SMILES string of the molecule is CCN1CCN(N(C=O)C(C([NH])=O)c2ccc(O)c(O)c2)C(=O)C1=O. The minimum Gasteiger partial charge on any atom is -0.504 e. The normalized spacial score (nSPS) is 15.9. The molecule has 1 heterocycles. The Hall–Kier alpha value is -3.30. The Kier molecular flexibility index (Phi) is 5.11. The van der Waals surface area contributed by atoms with Gasteiger partial charge in [0, 0.05) is 13.1 Å². The molecule has 1 aliphatic heterocycles. The summed E-state index contributed by atoms with van der Waals surface area (Å²) in [4.78, 5) is 48.9. The quantitative estimate of drug-likeness (QED) is 0.384. The van der Waals surface area contributed by atoms with Crippen molar-refractivity contribution in [2.45, 2.75) is 13.0 Å². The number of carbonyl (C=O) groups is 4. The van der Waals surface area contributed by atoms with Gasteiger partial charge in [-0.3, -0.25) is 24.9 Å². The topological polar surface area (TPSA) is 142 Å². The zero-order chi connectivity index (χ0) is 18.7. The van der Waals surface area contributed by atoms with E-state index >= 15 is 0 Å². The molecule has 10 heteroatoms. The molecule has 1 saturated heterocycles. The third-order valence-corrected chi connectivity index (χ3v) is 3.88. The highest BCUT2D eigenvalue weighted by Crippen LogP contribution is 2.31. The largest absolute Gasteiger partial charge is 0.504 e. The fourth-order valence-electron chi connectivity index (χ4n) is 2.58. The summed E-state index contributed by atoms with van der Waals surface area (Å²) < 4.78 is 0. The van der Waals surface area contributed by atoms with Crippen LogP contribution in [0.5, 0.6) is 11.5 Å². The molecule has 0 aliphatic carbocycles. The fourth-order valence-corrected chi connectivity index (χ4v) is 2.58. The molecule has 4 amide bonds. The third kappa shape index (κ3) is 3.32. The Morgan fingerprint density at radius 2 is 1.96 bits per heavy atom. The van der Waals surface area contributed by atoms with Crippen molar-refractivity contribution in [1.29, 1.82) is 0 Å². The van der Waals surface area contributed by atoms with Crippen molar-refractivity contribution in [3.8, 4) is 11.5 Å². The van der Waals surface area contributed by atoms with Crippen LogP contribution in [-0.4, -0.2) is 68.9 Å². The van der Waals surface area contributed by atoms with Gasteiger partial charge in [-0.1, -0.05) is 6.07 Å². The van der Waals surface area contributed by atoms with E-state index in [0.717, 1.165) is 17.1 Å². The lowest BCUT2D eigenvalue weighted by molar-refractivity contribution is -0.176. The summed E-state index contributed by atoms with van der Waals surface area (Å²) in [7, 11) is 0. The van der Waals surface area contributed by atoms with Crippen LogP contribution >= 0.6 is 0 Å². The lowest BCUT2D eigenvalue weighted by Gasteiger charge is -2.40. The molecule has 1 fully saturated rings. The second kappa shape index (κ2) is 7.07. The first kappa shape index (κ1) is 18.0. The first-order chi connectivity index (χ1) is 11.8. The van der Waals surface area contributed by atoms with Crippen molar-refractivity contribution in [2.24, 2.45) is 0 Å². The number of hydrazine groups is 1. The number of amides is 4. The van der Waals surface area contributed by atoms with Crippen LogP contribution in [0.15, 0.2) is 18.2 Å². The number of likely N-dealkylation sites (N-methyl/N-ethyl adjacent to an activating group) is 1. The van der Waals surface area contributed by atoms with E-state index in [1.807, 2.05) is 0 Å². The molecule has 1 atom stereocenters. The summed E-state index contributed by atoms with van der Waals surface area (Å²) in [5, 5.41) is 20.4. The van der Waals surface area contributed by atoms with Gasteiger partial charge in [-0.2, -0.15) is 0 Å². The van der Waals surface area contributed by atoms with Crippen LogP contribution < -0.4 is 5.73 Å². The van der Waals surface area contributed by atoms with Gasteiger partial charge >= 0.3 is 11.8 Å². The second-order valence-electron chi connectivity index (χ2n) is 5.31. The molecule has 1 radical (unpaired) electrons. The lowest BCUT2D eigenvalue weighted by atomic mass is 10.1. The van der Waals surface area contributed by atoms with Crippen molar-refractivity contribution in [3.63, 3.8) is 0 Å². The number of phenols is 2. The van der Waals surface area contributed by atoms with Crippen molar-refractivity contribution < 1.29 is 29.4 Å². The molecule has 0 bridgehead atoms. The molecule has 0 saturated carbocycles. The summed E-state index contributed by atoms with van der Waals surface area (Å²) in [5.74, 6) is -4.02. The monoisotopic (exact) mass is 349 g/mol. The zero-order valence-electron chi connectivity index (χ0n) is 13.4. The third-order valence-electron chi connectivity index (χ3n) is 3.88. The molecular weight excluding hydrogens is 332 g/mol. The molecule has 0 spiro atoms. The number of hydrogen-bond acceptors (Lipinski definition) is 6. The highest BCUT2D eigenvalue weighted by Gasteiger charge is 2.39. The van der Waals surface area contributed by atoms with Crippen LogP contribution in [0.1, 0.15) is 18.5 Å². The number of hydrogen-bond donors (Lipinski definition) is 2. The summed E-state index contributed by atoms with van der Waals surface area (Å²) in [6.45, 7) is 2.18. The maximum absolute atomic E-state index is 12.2. The van der Waals surface area contributed by atoms with Gasteiger partial charge in [0.15, 0.2) is 17.5 Å². The van der Waals surface area contributed by atoms with Gasteiger partial charge in [-0.15, -0.1) is 0 Å². The van der Waals surface area contributed by atoms with Gasteiger partial charge in [0.1, 0.15) is 0 Å². The highest BCUT2D eigenvalue weighted by atomic mass is 16.3. The molecule has 10 nitrogen and oxygen atoms in total. The minimum atomic E-state index is -1.55. The second-order valence-corrected chi connectivity index (χ2v) is 5.31. The first-order valence-corrected chi connectivity index (χ1v) is 7.43. The van der Waals surface area contributed by atoms with Crippen LogP contribution in [0, 0.1) is 0 Å². The number of phenolic OH excluding ortho intramolecular Hbond substituents is 2. The number of carbonyl (C=O) groups excluding carboxylic acids is 4. The Bertz CT molecular complexity index is 722. The van der Waals surface area contributed by atoms with Crippen LogP contribution in [-0.2, 0) is 19.2 Å². The Balaban J connectivity index is 2.40. The molecule has 25 heavy (non-hydrogen) atoms. The summed E-state index contributed by atoms with van der Waals surface area (Å²) >= 11 is 0. The number of benzene rings is 1. The van der Waals surface area contributed by atoms with Crippen LogP contribution in [0.3, 0.4) is 0 Å². The van der Waals surface area contributed by atoms with E-state index in [2.05, 4.69) is 0 Å². The Morgan fingerprint density at radius 1 is 1.28 bits per heavy atom. The molecule has 1 aromatic rings. The predicted molar refractivity (Wildman–Crippen MR) is 82.5 cm³/mol. The number of nitrogens with one attached hydrogen (secondary N) is 1. The Morgan fingerprint density at radius 3 is 2.48 bits per heavy atom. The molecule has 2 rings (SSSR count). The number of aromatic hydroxyl groups is 2. The highest BCUT2D eigenvalue weighted by molar-refractivity contribution is 6.35. The van der Waals surface area contributed by atoms with Crippen LogP contribution in [0.2, 0.25) is 0 Å². The molecule has 1 aliphatic rings. The fraction of sp³-hybridized carbons (Fsp3) is 0.333. The average Bonchev–Trinajstić information content (AvgIpc) is 2.58. The summed E-state index contributed by atoms with van der Waals surface area (Å²) in [6, 6.07) is 1.79. The first-order valence-electron chi connectivity index (χ1n) is 7.43. The smallest absolute Gasteiger partial charge is 0.330 e. The van der Waals surface area contributed by atoms with Crippen molar-refractivity contribution in [2.75, 3.05) is 19.6 Å². The molecule has 133 valence electrons. The molecular formula is C15H17N4O6. The van der Waals surface area contributed by atoms with E-state index in [-0.39, 0.29) is 25.1 Å². The predicted octanol–water partition coefficient (Wildman–Crippen LogP) is -0.988. The van der Waals surface area contributed by atoms with Gasteiger partial charge in [0.2, 0.25) is 6.41 Å². The summed E-state index contributed by atoms with van der Waals surface area (Å²) in [6.07, 6.45) is 0.174. The van der Waals surface area contributed by atoms with Crippen LogP contribution in [0.4, 0.5) is 0 Å². The van der Waals surface area contributed by atoms with E-state index in [9.17, 15) is 29.4 Å². The minimum absolute atomic E-state index is 0.0144. The molecule has 3 N–H and O–H groups in total. The van der Waals surface area contributed by atoms with Crippen molar-refractivity contribution in [3.05, 3.63) is 23.8 Å². The molecule has 1 aromatic carbocycles. The van der Waals surface area contributed by atoms with E-state index in [4.69, 9.17) is 5.73 Å². The molecule has 1 unspecified atom stereocenters. The summed E-state index contributed by atoms with van der Waals surface area (Å²) in [5.41, 5.74) is 7.44. The van der Waals surface area contributed by atoms with Gasteiger partial charge in [-0.25, -0.2) is 10.0 Å². The van der Waals surface area contributed by atoms with Gasteiger partial charge in [0.05, 0.1) is 6.54 Å². The van der Waals surface area contributed by atoms with Gasteiger partial charge < -0.3 is 15.1 Å². The van der Waals surface area contributed by atoms with Crippen molar-refractivity contribution in [1.82, 2.24) is 20.7 Å². The Labute approximate surface area is 143 Å². The maximum atomic E-state index is 12.2. The van der Waals surface area contributed by atoms with E-state index in [1.165, 1.54) is 11.0 Å². The van der Waals surface area contributed by atoms with Crippen LogP contribution in [0.25, 0.3) is 0 Å². The zero-order valence-corrected chi connectivity index (χ0v) is 13.4. The van der Waals surface area contributed by atoms with Gasteiger partial charge in [0.25, 0.3) is 5.91 Å². The number of piperazine rings is 1. The van der Waals surface area contributed by atoms with E-state index < -0.39 is 35.3 Å². The van der Waals surface area contributed by atoms with E-state index in [1.54, 1.807) is 6.92 Å². The number of nitrogens with zero attached hydrogens (tertiary/aromatic N) is 3. The lowest BCUT2D eigenvalue weighted by Crippen LogP contribution is -2.60. The standard InChI is InChI=1S/C15H17N4O6/c1-2-17-5-6-18(15(25)14(17)24)19(8-20)12(13(16)23)9-3-4-10(21)11(22)7-9/h3-4,7-8,12,16,21-22H,2,5-6H2,1H3. The van der Waals surface area contributed by atoms with Gasteiger partial charge in [-0.05, 0) is 24.6 Å².